The van der Waals surface area contributed by atoms with E-state index in [1.165, 1.54) is 16.7 Å². The summed E-state index contributed by atoms with van der Waals surface area (Å²) in [7, 11) is 0. The van der Waals surface area contributed by atoms with Gasteiger partial charge in [0.1, 0.15) is 25.6 Å². The Kier molecular flexibility index (Phi) is 8.59. The zero-order valence-electron chi connectivity index (χ0n) is 23.2. The Morgan fingerprint density at radius 1 is 0.537 bits per heavy atom. The molecule has 41 heavy (non-hydrogen) atoms. The van der Waals surface area contributed by atoms with Crippen LogP contribution in [0.15, 0.2) is 127 Å². The first kappa shape index (κ1) is 26.7. The summed E-state index contributed by atoms with van der Waals surface area (Å²) in [6.07, 6.45) is 1.84. The summed E-state index contributed by atoms with van der Waals surface area (Å²) in [5, 5.41) is 3.74. The fourth-order valence-corrected chi connectivity index (χ4v) is 5.23. The topological polar surface area (TPSA) is 39.7 Å². The standard InChI is InChI=1S/C37H35NO3/c1-4-10-29(11-5-1)25-39-33-18-16-28(17-19-33)22-35-34-24-37(41-27-31-14-8-3-9-15-31)36(23-32(34)20-21-38-35)40-26-30-12-6-2-7-13-30/h1-19,23-24,35,38H,20-22,25-27H2. The van der Waals surface area contributed by atoms with Crippen molar-refractivity contribution >= 4 is 0 Å². The van der Waals surface area contributed by atoms with Gasteiger partial charge in [-0.3, -0.25) is 0 Å². The summed E-state index contributed by atoms with van der Waals surface area (Å²) in [5.41, 5.74) is 7.27. The Morgan fingerprint density at radius 2 is 1.05 bits per heavy atom. The van der Waals surface area contributed by atoms with Crippen molar-refractivity contribution in [1.82, 2.24) is 5.32 Å². The SMILES string of the molecule is c1ccc(COc2ccc(CC3NCCc4cc(OCc5ccccc5)c(OCc5ccccc5)cc43)cc2)cc1. The van der Waals surface area contributed by atoms with Crippen molar-refractivity contribution in [3.63, 3.8) is 0 Å². The monoisotopic (exact) mass is 541 g/mol. The molecular formula is C37H35NO3. The molecule has 0 amide bonds. The third-order valence-corrected chi connectivity index (χ3v) is 7.45. The van der Waals surface area contributed by atoms with Crippen LogP contribution in [0.5, 0.6) is 17.2 Å². The first-order valence-corrected chi connectivity index (χ1v) is 14.3. The third-order valence-electron chi connectivity index (χ3n) is 7.45. The molecule has 4 nitrogen and oxygen atoms in total. The van der Waals surface area contributed by atoms with Crippen LogP contribution in [0.1, 0.15) is 39.4 Å². The lowest BCUT2D eigenvalue weighted by Crippen LogP contribution is -2.31. The van der Waals surface area contributed by atoms with Crippen LogP contribution in [0, 0.1) is 0 Å². The van der Waals surface area contributed by atoms with E-state index in [0.717, 1.165) is 53.3 Å². The minimum absolute atomic E-state index is 0.192. The molecule has 5 aromatic rings. The maximum Gasteiger partial charge on any atom is 0.162 e. The predicted octanol–water partition coefficient (Wildman–Crippen LogP) is 7.85. The van der Waals surface area contributed by atoms with Gasteiger partial charge in [-0.25, -0.2) is 0 Å². The van der Waals surface area contributed by atoms with E-state index in [-0.39, 0.29) is 6.04 Å². The highest BCUT2D eigenvalue weighted by molar-refractivity contribution is 5.50. The first-order chi connectivity index (χ1) is 20.3. The number of rotatable bonds is 11. The minimum atomic E-state index is 0.192. The van der Waals surface area contributed by atoms with Crippen LogP contribution in [-0.2, 0) is 32.7 Å². The molecule has 1 atom stereocenters. The zero-order valence-corrected chi connectivity index (χ0v) is 23.2. The van der Waals surface area contributed by atoms with Gasteiger partial charge >= 0.3 is 0 Å². The highest BCUT2D eigenvalue weighted by Crippen LogP contribution is 2.37. The predicted molar refractivity (Wildman–Crippen MR) is 163 cm³/mol. The molecule has 0 saturated heterocycles. The fourth-order valence-electron chi connectivity index (χ4n) is 5.23. The van der Waals surface area contributed by atoms with Crippen molar-refractivity contribution in [2.45, 2.75) is 38.7 Å². The lowest BCUT2D eigenvalue weighted by molar-refractivity contribution is 0.254. The van der Waals surface area contributed by atoms with E-state index in [4.69, 9.17) is 14.2 Å². The molecule has 206 valence electrons. The Balaban J connectivity index is 1.19. The largest absolute Gasteiger partial charge is 0.489 e. The Labute approximate surface area is 242 Å². The summed E-state index contributed by atoms with van der Waals surface area (Å²) in [6, 6.07) is 43.8. The molecule has 1 N–H and O–H groups in total. The van der Waals surface area contributed by atoms with Crippen LogP contribution in [0.25, 0.3) is 0 Å². The zero-order chi connectivity index (χ0) is 27.7. The van der Waals surface area contributed by atoms with E-state index < -0.39 is 0 Å². The summed E-state index contributed by atoms with van der Waals surface area (Å²) in [4.78, 5) is 0. The average molecular weight is 542 g/mol. The Hall–Kier alpha value is -4.54. The molecule has 5 aromatic carbocycles. The highest BCUT2D eigenvalue weighted by atomic mass is 16.5. The van der Waals surface area contributed by atoms with Crippen molar-refractivity contribution in [2.24, 2.45) is 0 Å². The van der Waals surface area contributed by atoms with E-state index in [2.05, 4.69) is 78.1 Å². The molecule has 1 heterocycles. The molecule has 0 aliphatic carbocycles. The van der Waals surface area contributed by atoms with Gasteiger partial charge < -0.3 is 19.5 Å². The molecule has 6 rings (SSSR count). The number of nitrogens with one attached hydrogen (secondary N) is 1. The van der Waals surface area contributed by atoms with Gasteiger partial charge in [-0.2, -0.15) is 0 Å². The molecule has 1 unspecified atom stereocenters. The van der Waals surface area contributed by atoms with Crippen molar-refractivity contribution in [3.05, 3.63) is 161 Å². The molecule has 1 aliphatic heterocycles. The van der Waals surface area contributed by atoms with E-state index in [0.29, 0.717) is 19.8 Å². The molecule has 0 fully saturated rings. The summed E-state index contributed by atoms with van der Waals surface area (Å²) in [5.74, 6) is 2.46. The summed E-state index contributed by atoms with van der Waals surface area (Å²) >= 11 is 0. The van der Waals surface area contributed by atoms with Crippen LogP contribution in [0.2, 0.25) is 0 Å². The molecular weight excluding hydrogens is 506 g/mol. The molecule has 0 radical (unpaired) electrons. The van der Waals surface area contributed by atoms with Crippen LogP contribution < -0.4 is 19.5 Å². The number of hydrogen-bond acceptors (Lipinski definition) is 4. The molecule has 0 spiro atoms. The number of ether oxygens (including phenoxy) is 3. The van der Waals surface area contributed by atoms with E-state index in [1.807, 2.05) is 54.6 Å². The van der Waals surface area contributed by atoms with E-state index in [1.54, 1.807) is 0 Å². The normalized spacial score (nSPS) is 14.2. The van der Waals surface area contributed by atoms with Crippen LogP contribution in [0.4, 0.5) is 0 Å². The maximum atomic E-state index is 6.39. The fraction of sp³-hybridized carbons (Fsp3) is 0.189. The Bertz CT molecular complexity index is 1520. The van der Waals surface area contributed by atoms with Gasteiger partial charge in [0.25, 0.3) is 0 Å². The van der Waals surface area contributed by atoms with Crippen LogP contribution in [-0.4, -0.2) is 6.54 Å². The van der Waals surface area contributed by atoms with Gasteiger partial charge in [-0.15, -0.1) is 0 Å². The van der Waals surface area contributed by atoms with Gasteiger partial charge in [0.15, 0.2) is 11.5 Å². The second-order valence-electron chi connectivity index (χ2n) is 10.4. The van der Waals surface area contributed by atoms with Crippen molar-refractivity contribution in [2.75, 3.05) is 6.54 Å². The first-order valence-electron chi connectivity index (χ1n) is 14.3. The summed E-state index contributed by atoms with van der Waals surface area (Å²) in [6.45, 7) is 2.49. The molecule has 0 bridgehead atoms. The maximum absolute atomic E-state index is 6.39. The van der Waals surface area contributed by atoms with Gasteiger partial charge in [0.2, 0.25) is 0 Å². The second-order valence-corrected chi connectivity index (χ2v) is 10.4. The quantitative estimate of drug-likeness (QED) is 0.185. The number of benzene rings is 5. The van der Waals surface area contributed by atoms with Gasteiger partial charge in [0, 0.05) is 6.04 Å². The summed E-state index contributed by atoms with van der Waals surface area (Å²) < 4.78 is 18.7. The van der Waals surface area contributed by atoms with Crippen LogP contribution >= 0.6 is 0 Å². The lowest BCUT2D eigenvalue weighted by Gasteiger charge is -2.29. The average Bonchev–Trinajstić information content (AvgIpc) is 3.04. The molecule has 0 saturated carbocycles. The molecule has 1 aliphatic rings. The van der Waals surface area contributed by atoms with E-state index >= 15 is 0 Å². The van der Waals surface area contributed by atoms with Crippen LogP contribution in [0.3, 0.4) is 0 Å². The third kappa shape index (κ3) is 7.16. The van der Waals surface area contributed by atoms with Crippen molar-refractivity contribution < 1.29 is 14.2 Å². The van der Waals surface area contributed by atoms with Crippen molar-refractivity contribution in [1.29, 1.82) is 0 Å². The Morgan fingerprint density at radius 3 is 1.61 bits per heavy atom. The minimum Gasteiger partial charge on any atom is -0.489 e. The molecule has 0 aromatic heterocycles. The lowest BCUT2D eigenvalue weighted by atomic mass is 9.90. The second kappa shape index (κ2) is 13.2. The highest BCUT2D eigenvalue weighted by Gasteiger charge is 2.23. The number of hydrogen-bond donors (Lipinski definition) is 1. The van der Waals surface area contributed by atoms with Gasteiger partial charge in [-0.1, -0.05) is 103 Å². The smallest absolute Gasteiger partial charge is 0.162 e. The van der Waals surface area contributed by atoms with Gasteiger partial charge in [-0.05, 0) is 77.0 Å². The van der Waals surface area contributed by atoms with Gasteiger partial charge in [0.05, 0.1) is 0 Å². The van der Waals surface area contributed by atoms with E-state index in [9.17, 15) is 0 Å². The van der Waals surface area contributed by atoms with Crippen molar-refractivity contribution in [3.8, 4) is 17.2 Å². The molecule has 4 heteroatoms. The number of fused-ring (bicyclic) bond motifs is 1.